The molecule has 0 aliphatic carbocycles. The molecule has 0 bridgehead atoms. The number of carbonyl (C=O) groups excluding carboxylic acids is 3. The Kier molecular flexibility index (Phi) is 6.14. The molecule has 2 aromatic rings. The van der Waals surface area contributed by atoms with Crippen molar-refractivity contribution in [3.63, 3.8) is 0 Å². The lowest BCUT2D eigenvalue weighted by atomic mass is 10.1. The Hall–Kier alpha value is -2.68. The first-order chi connectivity index (χ1) is 12.2. The van der Waals surface area contributed by atoms with Crippen molar-refractivity contribution < 1.29 is 19.1 Å². The van der Waals surface area contributed by atoms with Crippen molar-refractivity contribution in [1.82, 2.24) is 15.0 Å². The standard InChI is InChI=1S/C17H19N3O5S/c1-8-15(10(3)21)9(2)18-16(8)12(22)7-26-17-19-11(5-13(23)20-17)6-14(24)25-4/h5,18H,6-7H2,1-4H3,(H,19,20,23). The number of aromatic nitrogens is 3. The van der Waals surface area contributed by atoms with Gasteiger partial charge in [0.1, 0.15) is 0 Å². The number of rotatable bonds is 7. The fourth-order valence-electron chi connectivity index (χ4n) is 2.63. The zero-order chi connectivity index (χ0) is 19.4. The third-order valence-corrected chi connectivity index (χ3v) is 4.61. The summed E-state index contributed by atoms with van der Waals surface area (Å²) in [6, 6.07) is 1.21. The normalized spacial score (nSPS) is 10.6. The van der Waals surface area contributed by atoms with Crippen molar-refractivity contribution in [2.75, 3.05) is 12.9 Å². The van der Waals surface area contributed by atoms with Gasteiger partial charge in [-0.15, -0.1) is 0 Å². The van der Waals surface area contributed by atoms with E-state index in [0.717, 1.165) is 11.8 Å². The molecule has 0 aromatic carbocycles. The van der Waals surface area contributed by atoms with E-state index in [-0.39, 0.29) is 34.6 Å². The number of thioether (sulfide) groups is 1. The number of Topliss-reactive ketones (excluding diaryl/α,β-unsaturated/α-hetero) is 2. The van der Waals surface area contributed by atoms with E-state index in [4.69, 9.17) is 0 Å². The molecule has 0 spiro atoms. The Morgan fingerprint density at radius 3 is 2.50 bits per heavy atom. The number of H-pyrrole nitrogens is 2. The number of ketones is 2. The van der Waals surface area contributed by atoms with Gasteiger partial charge in [0.05, 0.1) is 30.7 Å². The maximum atomic E-state index is 12.5. The van der Waals surface area contributed by atoms with Crippen molar-refractivity contribution in [2.45, 2.75) is 32.3 Å². The summed E-state index contributed by atoms with van der Waals surface area (Å²) in [7, 11) is 1.25. The molecule has 0 unspecified atom stereocenters. The van der Waals surface area contributed by atoms with Crippen LogP contribution in [0.1, 0.15) is 44.7 Å². The topological polar surface area (TPSA) is 122 Å². The molecule has 26 heavy (non-hydrogen) atoms. The van der Waals surface area contributed by atoms with Crippen LogP contribution in [0, 0.1) is 13.8 Å². The van der Waals surface area contributed by atoms with E-state index in [1.165, 1.54) is 20.1 Å². The zero-order valence-electron chi connectivity index (χ0n) is 14.9. The average Bonchev–Trinajstić information content (AvgIpc) is 2.86. The molecule has 0 atom stereocenters. The van der Waals surface area contributed by atoms with Gasteiger partial charge in [-0.2, -0.15) is 0 Å². The van der Waals surface area contributed by atoms with Crippen LogP contribution in [0.15, 0.2) is 16.0 Å². The molecule has 2 heterocycles. The minimum atomic E-state index is -0.510. The Bertz CT molecular complexity index is 929. The number of aromatic amines is 2. The van der Waals surface area contributed by atoms with Crippen LogP contribution in [0.2, 0.25) is 0 Å². The number of methoxy groups -OCH3 is 1. The smallest absolute Gasteiger partial charge is 0.311 e. The van der Waals surface area contributed by atoms with Gasteiger partial charge in [-0.25, -0.2) is 4.98 Å². The number of nitrogens with zero attached hydrogens (tertiary/aromatic N) is 1. The fourth-order valence-corrected chi connectivity index (χ4v) is 3.39. The summed E-state index contributed by atoms with van der Waals surface area (Å²) in [4.78, 5) is 56.8. The van der Waals surface area contributed by atoms with E-state index in [0.29, 0.717) is 22.5 Å². The van der Waals surface area contributed by atoms with E-state index >= 15 is 0 Å². The monoisotopic (exact) mass is 377 g/mol. The van der Waals surface area contributed by atoms with E-state index in [9.17, 15) is 19.2 Å². The molecule has 0 radical (unpaired) electrons. The van der Waals surface area contributed by atoms with Crippen molar-refractivity contribution in [3.8, 4) is 0 Å². The Morgan fingerprint density at radius 2 is 1.92 bits per heavy atom. The van der Waals surface area contributed by atoms with Gasteiger partial charge < -0.3 is 14.7 Å². The molecule has 0 fully saturated rings. The molecule has 0 saturated heterocycles. The second-order valence-electron chi connectivity index (χ2n) is 5.69. The van der Waals surface area contributed by atoms with Crippen LogP contribution >= 0.6 is 11.8 Å². The second-order valence-corrected chi connectivity index (χ2v) is 6.65. The van der Waals surface area contributed by atoms with Crippen LogP contribution < -0.4 is 5.56 Å². The minimum absolute atomic E-state index is 0.0166. The number of aryl methyl sites for hydroxylation is 1. The Balaban J connectivity index is 2.15. The van der Waals surface area contributed by atoms with Crippen molar-refractivity contribution in [1.29, 1.82) is 0 Å². The predicted octanol–water partition coefficient (Wildman–Crippen LogP) is 1.61. The summed E-state index contributed by atoms with van der Waals surface area (Å²) < 4.78 is 4.55. The number of carbonyl (C=O) groups is 3. The van der Waals surface area contributed by atoms with Gasteiger partial charge in [-0.05, 0) is 26.3 Å². The highest BCUT2D eigenvalue weighted by Crippen LogP contribution is 2.21. The first-order valence-corrected chi connectivity index (χ1v) is 8.74. The summed E-state index contributed by atoms with van der Waals surface area (Å²) in [5, 5.41) is 0.234. The Labute approximate surface area is 153 Å². The summed E-state index contributed by atoms with van der Waals surface area (Å²) in [5.74, 6) is -0.819. The van der Waals surface area contributed by atoms with Crippen molar-refractivity contribution >= 4 is 29.3 Å². The SMILES string of the molecule is COC(=O)Cc1cc(=O)[nH]c(SCC(=O)c2[nH]c(C)c(C(C)=O)c2C)n1. The first-order valence-electron chi connectivity index (χ1n) is 7.76. The van der Waals surface area contributed by atoms with Crippen molar-refractivity contribution in [3.05, 3.63) is 44.6 Å². The minimum Gasteiger partial charge on any atom is -0.469 e. The van der Waals surface area contributed by atoms with Gasteiger partial charge in [0.15, 0.2) is 16.7 Å². The van der Waals surface area contributed by atoms with E-state index in [1.54, 1.807) is 13.8 Å². The third-order valence-electron chi connectivity index (χ3n) is 3.73. The van der Waals surface area contributed by atoms with E-state index < -0.39 is 11.5 Å². The number of esters is 1. The van der Waals surface area contributed by atoms with Gasteiger partial charge >= 0.3 is 5.97 Å². The lowest BCUT2D eigenvalue weighted by Crippen LogP contribution is -2.14. The zero-order valence-corrected chi connectivity index (χ0v) is 15.7. The van der Waals surface area contributed by atoms with Gasteiger partial charge in [-0.1, -0.05) is 11.8 Å². The molecule has 0 amide bonds. The largest absolute Gasteiger partial charge is 0.469 e. The highest BCUT2D eigenvalue weighted by molar-refractivity contribution is 7.99. The summed E-state index contributed by atoms with van der Waals surface area (Å²) in [6.07, 6.45) is -0.126. The molecule has 0 saturated carbocycles. The molecular weight excluding hydrogens is 358 g/mol. The van der Waals surface area contributed by atoms with Gasteiger partial charge in [-0.3, -0.25) is 19.2 Å². The maximum absolute atomic E-state index is 12.5. The van der Waals surface area contributed by atoms with Gasteiger partial charge in [0.2, 0.25) is 0 Å². The van der Waals surface area contributed by atoms with Crippen LogP contribution in [0.3, 0.4) is 0 Å². The third kappa shape index (κ3) is 4.48. The molecule has 0 aliphatic rings. The predicted molar refractivity (Wildman–Crippen MR) is 95.9 cm³/mol. The molecule has 2 N–H and O–H groups in total. The molecule has 138 valence electrons. The van der Waals surface area contributed by atoms with Crippen LogP contribution in [0.25, 0.3) is 0 Å². The van der Waals surface area contributed by atoms with Crippen LogP contribution in [0.4, 0.5) is 0 Å². The van der Waals surface area contributed by atoms with E-state index in [2.05, 4.69) is 19.7 Å². The number of nitrogens with one attached hydrogen (secondary N) is 2. The van der Waals surface area contributed by atoms with Crippen LogP contribution in [-0.2, 0) is 16.0 Å². The lowest BCUT2D eigenvalue weighted by Gasteiger charge is -2.04. The first kappa shape index (κ1) is 19.6. The summed E-state index contributed by atoms with van der Waals surface area (Å²) >= 11 is 1.05. The maximum Gasteiger partial charge on any atom is 0.311 e. The molecule has 8 nitrogen and oxygen atoms in total. The van der Waals surface area contributed by atoms with Crippen LogP contribution in [-0.4, -0.2) is 45.4 Å². The second kappa shape index (κ2) is 8.13. The highest BCUT2D eigenvalue weighted by atomic mass is 32.2. The number of hydrogen-bond acceptors (Lipinski definition) is 7. The average molecular weight is 377 g/mol. The van der Waals surface area contributed by atoms with Crippen LogP contribution in [0.5, 0.6) is 0 Å². The molecule has 2 rings (SSSR count). The quantitative estimate of drug-likeness (QED) is 0.325. The van der Waals surface area contributed by atoms with Gasteiger partial charge in [0.25, 0.3) is 5.56 Å². The molecule has 2 aromatic heterocycles. The number of hydrogen-bond donors (Lipinski definition) is 2. The highest BCUT2D eigenvalue weighted by Gasteiger charge is 2.20. The lowest BCUT2D eigenvalue weighted by molar-refractivity contribution is -0.139. The number of ether oxygens (including phenoxy) is 1. The fraction of sp³-hybridized carbons (Fsp3) is 0.353. The van der Waals surface area contributed by atoms with Crippen molar-refractivity contribution in [2.24, 2.45) is 0 Å². The van der Waals surface area contributed by atoms with E-state index in [1.807, 2.05) is 0 Å². The summed E-state index contributed by atoms with van der Waals surface area (Å²) in [5.41, 5.74) is 2.00. The molecular formula is C17H19N3O5S. The summed E-state index contributed by atoms with van der Waals surface area (Å²) in [6.45, 7) is 4.91. The molecule has 0 aliphatic heterocycles. The van der Waals surface area contributed by atoms with Gasteiger partial charge in [0, 0.05) is 17.3 Å². The molecule has 9 heteroatoms. The Morgan fingerprint density at radius 1 is 1.23 bits per heavy atom.